The number of Topliss-reactive ketones (excluding diaryl/α,β-unsaturated/α-hetero) is 1. The Morgan fingerprint density at radius 1 is 1.32 bits per heavy atom. The fourth-order valence-electron chi connectivity index (χ4n) is 8.12. The summed E-state index contributed by atoms with van der Waals surface area (Å²) in [5.41, 5.74) is -1.05. The van der Waals surface area contributed by atoms with Crippen LogP contribution in [0.1, 0.15) is 59.3 Å². The molecule has 0 spiro atoms. The smallest absolute Gasteiger partial charge is 0.193 e. The van der Waals surface area contributed by atoms with Gasteiger partial charge in [-0.25, -0.2) is 0 Å². The van der Waals surface area contributed by atoms with Gasteiger partial charge in [-0.05, 0) is 56.1 Å². The summed E-state index contributed by atoms with van der Waals surface area (Å²) in [5.74, 6) is 0.0274. The first-order valence-corrected chi connectivity index (χ1v) is 11.8. The lowest BCUT2D eigenvalue weighted by atomic mass is 9.46. The van der Waals surface area contributed by atoms with E-state index in [0.29, 0.717) is 19.3 Å². The van der Waals surface area contributed by atoms with Crippen molar-refractivity contribution in [1.29, 1.82) is 0 Å². The Labute approximate surface area is 183 Å². The van der Waals surface area contributed by atoms with Gasteiger partial charge in [-0.15, -0.1) is 0 Å². The standard InChI is InChI=1S/C25H34O6/c1-4-5-21-30-20-11-17-16-7-6-14-10-15(27)8-9-23(14,2)22(16)18(28)12-24(17,3)25(20,31-21)19(29)13-26/h8-10,16-18,20-22,26,28H,4-7,11-13H2,1-3H3/t16-,17?,18?,20?,21?,22?,23-,24-,25?/m0/s1. The van der Waals surface area contributed by atoms with Gasteiger partial charge < -0.3 is 19.7 Å². The van der Waals surface area contributed by atoms with Crippen molar-refractivity contribution in [2.24, 2.45) is 28.6 Å². The maximum absolute atomic E-state index is 13.2. The van der Waals surface area contributed by atoms with Gasteiger partial charge in [-0.1, -0.05) is 38.8 Å². The molecule has 6 heteroatoms. The van der Waals surface area contributed by atoms with E-state index in [9.17, 15) is 19.8 Å². The number of aliphatic hydroxyl groups is 2. The number of hydrogen-bond donors (Lipinski definition) is 2. The predicted molar refractivity (Wildman–Crippen MR) is 113 cm³/mol. The van der Waals surface area contributed by atoms with Crippen LogP contribution in [0.4, 0.5) is 0 Å². The van der Waals surface area contributed by atoms with Crippen LogP contribution in [-0.2, 0) is 19.1 Å². The van der Waals surface area contributed by atoms with E-state index in [2.05, 4.69) is 20.8 Å². The van der Waals surface area contributed by atoms with Crippen molar-refractivity contribution >= 4 is 11.6 Å². The molecule has 0 bridgehead atoms. The Kier molecular flexibility index (Phi) is 4.91. The number of rotatable bonds is 4. The summed E-state index contributed by atoms with van der Waals surface area (Å²) < 4.78 is 12.7. The number of ether oxygens (including phenoxy) is 2. The normalized spacial score (nSPS) is 50.4. The molecule has 9 atom stereocenters. The molecule has 3 saturated carbocycles. The Morgan fingerprint density at radius 2 is 2.10 bits per heavy atom. The topological polar surface area (TPSA) is 93.1 Å². The van der Waals surface area contributed by atoms with Crippen LogP contribution in [0.3, 0.4) is 0 Å². The summed E-state index contributed by atoms with van der Waals surface area (Å²) in [5, 5.41) is 21.4. The predicted octanol–water partition coefficient (Wildman–Crippen LogP) is 2.72. The number of allylic oxidation sites excluding steroid dienone is 4. The maximum atomic E-state index is 13.2. The van der Waals surface area contributed by atoms with Crippen molar-refractivity contribution in [1.82, 2.24) is 0 Å². The van der Waals surface area contributed by atoms with Gasteiger partial charge in [0.2, 0.25) is 0 Å². The number of carbonyl (C=O) groups is 2. The maximum Gasteiger partial charge on any atom is 0.193 e. The molecule has 1 aliphatic heterocycles. The van der Waals surface area contributed by atoms with Crippen LogP contribution in [0.5, 0.6) is 0 Å². The quantitative estimate of drug-likeness (QED) is 0.712. The monoisotopic (exact) mass is 430 g/mol. The van der Waals surface area contributed by atoms with E-state index in [-0.39, 0.29) is 34.7 Å². The molecule has 6 nitrogen and oxygen atoms in total. The van der Waals surface area contributed by atoms with Crippen LogP contribution in [0.2, 0.25) is 0 Å². The summed E-state index contributed by atoms with van der Waals surface area (Å²) in [4.78, 5) is 25.2. The second-order valence-electron chi connectivity index (χ2n) is 10.7. The van der Waals surface area contributed by atoms with Gasteiger partial charge in [-0.2, -0.15) is 0 Å². The Balaban J connectivity index is 1.55. The van der Waals surface area contributed by atoms with E-state index in [1.54, 1.807) is 12.2 Å². The highest BCUT2D eigenvalue weighted by molar-refractivity contribution is 6.01. The van der Waals surface area contributed by atoms with Crippen LogP contribution in [0, 0.1) is 28.6 Å². The number of aliphatic hydroxyl groups excluding tert-OH is 2. The zero-order valence-electron chi connectivity index (χ0n) is 18.7. The zero-order chi connectivity index (χ0) is 22.2. The van der Waals surface area contributed by atoms with Gasteiger partial charge in [-0.3, -0.25) is 9.59 Å². The highest BCUT2D eigenvalue weighted by Crippen LogP contribution is 2.69. The van der Waals surface area contributed by atoms with Crippen molar-refractivity contribution in [2.75, 3.05) is 6.61 Å². The highest BCUT2D eigenvalue weighted by Gasteiger charge is 2.75. The van der Waals surface area contributed by atoms with Gasteiger partial charge in [0.05, 0.1) is 12.2 Å². The van der Waals surface area contributed by atoms with E-state index >= 15 is 0 Å². The zero-order valence-corrected chi connectivity index (χ0v) is 18.7. The summed E-state index contributed by atoms with van der Waals surface area (Å²) in [6.07, 6.45) is 8.31. The van der Waals surface area contributed by atoms with Crippen LogP contribution in [0.25, 0.3) is 0 Å². The molecule has 5 rings (SSSR count). The van der Waals surface area contributed by atoms with E-state index in [1.165, 1.54) is 0 Å². The minimum atomic E-state index is -1.20. The molecule has 0 aromatic heterocycles. The van der Waals surface area contributed by atoms with Crippen molar-refractivity contribution in [3.8, 4) is 0 Å². The number of ketones is 2. The largest absolute Gasteiger partial charge is 0.393 e. The molecular formula is C25H34O6. The molecule has 0 aromatic rings. The van der Waals surface area contributed by atoms with Crippen molar-refractivity contribution < 1.29 is 29.3 Å². The second-order valence-corrected chi connectivity index (χ2v) is 10.7. The molecule has 5 aliphatic rings. The summed E-state index contributed by atoms with van der Waals surface area (Å²) in [6.45, 7) is 5.67. The molecule has 2 N–H and O–H groups in total. The Morgan fingerprint density at radius 3 is 2.81 bits per heavy atom. The average Bonchev–Trinajstić information content (AvgIpc) is 3.20. The first-order chi connectivity index (χ1) is 14.7. The van der Waals surface area contributed by atoms with Crippen LogP contribution < -0.4 is 0 Å². The van der Waals surface area contributed by atoms with Crippen LogP contribution >= 0.6 is 0 Å². The van der Waals surface area contributed by atoms with Gasteiger partial charge in [0, 0.05) is 16.7 Å². The first-order valence-electron chi connectivity index (χ1n) is 11.8. The molecule has 0 amide bonds. The number of hydrogen-bond acceptors (Lipinski definition) is 6. The lowest BCUT2D eigenvalue weighted by molar-refractivity contribution is -0.200. The van der Waals surface area contributed by atoms with Gasteiger partial charge in [0.25, 0.3) is 0 Å². The van der Waals surface area contributed by atoms with Gasteiger partial charge >= 0.3 is 0 Å². The molecule has 0 radical (unpaired) electrons. The van der Waals surface area contributed by atoms with E-state index < -0.39 is 36.1 Å². The van der Waals surface area contributed by atoms with E-state index in [0.717, 1.165) is 24.8 Å². The fraction of sp³-hybridized carbons (Fsp3) is 0.760. The summed E-state index contributed by atoms with van der Waals surface area (Å²) in [6, 6.07) is 0. The molecule has 6 unspecified atom stereocenters. The molecule has 4 aliphatic carbocycles. The molecule has 1 saturated heterocycles. The SMILES string of the molecule is CCCC1OC2CC3[C@@H]4CCC5=CC(=O)C=C[C@]5(C)C4C(O)C[C@]3(C)C2(C(=O)CO)O1. The van der Waals surface area contributed by atoms with Gasteiger partial charge in [0.15, 0.2) is 23.5 Å². The van der Waals surface area contributed by atoms with Crippen molar-refractivity contribution in [3.63, 3.8) is 0 Å². The first kappa shape index (κ1) is 21.5. The van der Waals surface area contributed by atoms with Crippen LogP contribution in [0.15, 0.2) is 23.8 Å². The van der Waals surface area contributed by atoms with E-state index in [1.807, 2.05) is 6.08 Å². The number of fused-ring (bicyclic) bond motifs is 7. The lowest BCUT2D eigenvalue weighted by Gasteiger charge is -2.59. The third-order valence-electron chi connectivity index (χ3n) is 9.37. The van der Waals surface area contributed by atoms with Crippen molar-refractivity contribution in [3.05, 3.63) is 23.8 Å². The van der Waals surface area contributed by atoms with E-state index in [4.69, 9.17) is 9.47 Å². The Bertz CT molecular complexity index is 862. The lowest BCUT2D eigenvalue weighted by Crippen LogP contribution is -2.63. The molecule has 1 heterocycles. The number of carbonyl (C=O) groups excluding carboxylic acids is 2. The molecular weight excluding hydrogens is 396 g/mol. The summed E-state index contributed by atoms with van der Waals surface area (Å²) >= 11 is 0. The van der Waals surface area contributed by atoms with Crippen molar-refractivity contribution in [2.45, 2.75) is 83.4 Å². The van der Waals surface area contributed by atoms with Crippen LogP contribution in [-0.4, -0.2) is 52.5 Å². The van der Waals surface area contributed by atoms with Gasteiger partial charge in [0.1, 0.15) is 6.61 Å². The molecule has 170 valence electrons. The molecule has 31 heavy (non-hydrogen) atoms. The Hall–Kier alpha value is -1.34. The fourth-order valence-corrected chi connectivity index (χ4v) is 8.12. The third kappa shape index (κ3) is 2.65. The summed E-state index contributed by atoms with van der Waals surface area (Å²) in [7, 11) is 0. The molecule has 0 aromatic carbocycles. The molecule has 4 fully saturated rings. The highest BCUT2D eigenvalue weighted by atomic mass is 16.7. The minimum Gasteiger partial charge on any atom is -0.393 e. The average molecular weight is 431 g/mol. The third-order valence-corrected chi connectivity index (χ3v) is 9.37. The second kappa shape index (κ2) is 7.08. The minimum absolute atomic E-state index is 0.0125.